The molecule has 1 aromatic rings. The lowest BCUT2D eigenvalue weighted by Crippen LogP contribution is -2.39. The average Bonchev–Trinajstić information content (AvgIpc) is 2.35. The van der Waals surface area contributed by atoms with Crippen LogP contribution in [0.3, 0.4) is 0 Å². The molecule has 110 valence electrons. The number of halogens is 1. The number of aromatic nitrogens is 2. The summed E-state index contributed by atoms with van der Waals surface area (Å²) < 4.78 is 0. The molecule has 1 unspecified atom stereocenters. The molecule has 9 heteroatoms. The maximum atomic E-state index is 11.9. The summed E-state index contributed by atoms with van der Waals surface area (Å²) in [6, 6.07) is -0.663. The van der Waals surface area contributed by atoms with Crippen molar-refractivity contribution < 1.29 is 9.72 Å². The number of amides is 1. The van der Waals surface area contributed by atoms with Crippen LogP contribution >= 0.6 is 11.6 Å². The zero-order chi connectivity index (χ0) is 15.4. The van der Waals surface area contributed by atoms with E-state index < -0.39 is 11.0 Å². The molecule has 0 aromatic carbocycles. The first-order valence-electron chi connectivity index (χ1n) is 5.98. The number of nitrogens with one attached hydrogen (secondary N) is 1. The molecular weight excluding hydrogens is 286 g/mol. The van der Waals surface area contributed by atoms with Gasteiger partial charge in [0.25, 0.3) is 0 Å². The Morgan fingerprint density at radius 1 is 1.55 bits per heavy atom. The molecule has 0 radical (unpaired) electrons. The summed E-state index contributed by atoms with van der Waals surface area (Å²) in [4.78, 5) is 31.4. The number of aryl methyl sites for hydroxylation is 1. The van der Waals surface area contributed by atoms with E-state index in [4.69, 9.17) is 11.6 Å². The average molecular weight is 302 g/mol. The number of nitrogens with zero attached hydrogens (tertiary/aromatic N) is 4. The zero-order valence-electron chi connectivity index (χ0n) is 11.7. The highest BCUT2D eigenvalue weighted by Crippen LogP contribution is 2.27. The highest BCUT2D eigenvalue weighted by molar-refractivity contribution is 6.28. The second kappa shape index (κ2) is 6.47. The van der Waals surface area contributed by atoms with Crippen molar-refractivity contribution >= 4 is 29.0 Å². The van der Waals surface area contributed by atoms with E-state index in [-0.39, 0.29) is 28.4 Å². The van der Waals surface area contributed by atoms with Crippen LogP contribution in [0.2, 0.25) is 5.28 Å². The molecule has 1 heterocycles. The van der Waals surface area contributed by atoms with Crippen molar-refractivity contribution in [3.8, 4) is 0 Å². The molecule has 0 saturated carbocycles. The van der Waals surface area contributed by atoms with Gasteiger partial charge in [-0.1, -0.05) is 0 Å². The van der Waals surface area contributed by atoms with Gasteiger partial charge >= 0.3 is 5.69 Å². The van der Waals surface area contributed by atoms with Crippen LogP contribution < -0.4 is 5.32 Å². The minimum absolute atomic E-state index is 0.0575. The van der Waals surface area contributed by atoms with Gasteiger partial charge in [0.2, 0.25) is 17.0 Å². The third kappa shape index (κ3) is 3.53. The van der Waals surface area contributed by atoms with Crippen LogP contribution in [0, 0.1) is 17.0 Å². The smallest absolute Gasteiger partial charge is 0.332 e. The number of carbonyl (C=O) groups excluding carboxylic acids is 1. The minimum Gasteiger partial charge on any atom is -0.353 e. The third-order valence-corrected chi connectivity index (χ3v) is 2.96. The van der Waals surface area contributed by atoms with Crippen LogP contribution in [-0.2, 0) is 4.79 Å². The molecule has 1 atom stereocenters. The van der Waals surface area contributed by atoms with Gasteiger partial charge in [-0.25, -0.2) is 4.98 Å². The van der Waals surface area contributed by atoms with Crippen molar-refractivity contribution in [3.63, 3.8) is 0 Å². The van der Waals surface area contributed by atoms with Crippen LogP contribution in [0.25, 0.3) is 0 Å². The summed E-state index contributed by atoms with van der Waals surface area (Å²) in [5, 5.41) is 13.7. The Balaban J connectivity index is 3.08. The van der Waals surface area contributed by atoms with Crippen molar-refractivity contribution in [1.82, 2.24) is 14.9 Å². The molecule has 0 saturated heterocycles. The van der Waals surface area contributed by atoms with E-state index in [9.17, 15) is 14.9 Å². The number of nitro groups is 1. The Hall–Kier alpha value is -1.96. The Morgan fingerprint density at radius 2 is 2.15 bits per heavy atom. The largest absolute Gasteiger partial charge is 0.353 e. The molecule has 1 aromatic heterocycles. The van der Waals surface area contributed by atoms with Gasteiger partial charge in [0.1, 0.15) is 11.7 Å². The number of carbonyl (C=O) groups is 1. The summed E-state index contributed by atoms with van der Waals surface area (Å²) >= 11 is 5.70. The number of anilines is 1. The Kier molecular flexibility index (Phi) is 5.20. The monoisotopic (exact) mass is 301 g/mol. The molecule has 0 fully saturated rings. The standard InChI is InChI=1S/C11H16ClN5O3/c1-5-16(4)10(18)7(3)13-9-8(17(19)20)6(2)14-11(12)15-9/h7H,5H2,1-4H3,(H,13,14,15). The quantitative estimate of drug-likeness (QED) is 0.504. The number of likely N-dealkylation sites (N-methyl/N-ethyl adjacent to an activating group) is 1. The zero-order valence-corrected chi connectivity index (χ0v) is 12.4. The first-order valence-corrected chi connectivity index (χ1v) is 6.35. The number of hydrogen-bond acceptors (Lipinski definition) is 6. The maximum absolute atomic E-state index is 11.9. The lowest BCUT2D eigenvalue weighted by molar-refractivity contribution is -0.385. The van der Waals surface area contributed by atoms with Gasteiger partial charge < -0.3 is 10.2 Å². The van der Waals surface area contributed by atoms with Crippen molar-refractivity contribution in [2.45, 2.75) is 26.8 Å². The molecule has 0 spiro atoms. The third-order valence-electron chi connectivity index (χ3n) is 2.79. The lowest BCUT2D eigenvalue weighted by atomic mass is 10.2. The maximum Gasteiger partial charge on any atom is 0.332 e. The highest BCUT2D eigenvalue weighted by atomic mass is 35.5. The fourth-order valence-corrected chi connectivity index (χ4v) is 1.82. The van der Waals surface area contributed by atoms with Crippen LogP contribution in [-0.4, -0.2) is 45.3 Å². The van der Waals surface area contributed by atoms with Gasteiger partial charge in [0.05, 0.1) is 4.92 Å². The van der Waals surface area contributed by atoms with E-state index in [1.54, 1.807) is 14.0 Å². The lowest BCUT2D eigenvalue weighted by Gasteiger charge is -2.20. The second-order valence-corrected chi connectivity index (χ2v) is 4.59. The van der Waals surface area contributed by atoms with Gasteiger partial charge in [0, 0.05) is 13.6 Å². The van der Waals surface area contributed by atoms with Crippen molar-refractivity contribution in [2.75, 3.05) is 18.9 Å². The van der Waals surface area contributed by atoms with Crippen LogP contribution in [0.5, 0.6) is 0 Å². The molecule has 0 aliphatic heterocycles. The summed E-state index contributed by atoms with van der Waals surface area (Å²) in [6.07, 6.45) is 0. The fourth-order valence-electron chi connectivity index (χ4n) is 1.61. The Bertz CT molecular complexity index is 537. The molecule has 8 nitrogen and oxygen atoms in total. The molecule has 0 aliphatic carbocycles. The summed E-state index contributed by atoms with van der Waals surface area (Å²) in [6.45, 7) is 5.43. The van der Waals surface area contributed by atoms with E-state index in [1.165, 1.54) is 11.8 Å². The Labute approximate surface area is 121 Å². The topological polar surface area (TPSA) is 101 Å². The van der Waals surface area contributed by atoms with E-state index in [2.05, 4.69) is 15.3 Å². The van der Waals surface area contributed by atoms with Crippen LogP contribution in [0.4, 0.5) is 11.5 Å². The van der Waals surface area contributed by atoms with E-state index in [1.807, 2.05) is 6.92 Å². The molecule has 1 N–H and O–H groups in total. The second-order valence-electron chi connectivity index (χ2n) is 4.25. The van der Waals surface area contributed by atoms with Crippen molar-refractivity contribution in [1.29, 1.82) is 0 Å². The summed E-state index contributed by atoms with van der Waals surface area (Å²) in [7, 11) is 1.65. The van der Waals surface area contributed by atoms with Gasteiger partial charge in [-0.05, 0) is 32.4 Å². The molecular formula is C11H16ClN5O3. The normalized spacial score (nSPS) is 11.8. The molecule has 1 amide bonds. The molecule has 1 rings (SSSR count). The first kappa shape index (κ1) is 16.1. The Morgan fingerprint density at radius 3 is 2.65 bits per heavy atom. The van der Waals surface area contributed by atoms with Crippen LogP contribution in [0.1, 0.15) is 19.5 Å². The summed E-state index contributed by atoms with van der Waals surface area (Å²) in [5.74, 6) is -0.257. The highest BCUT2D eigenvalue weighted by Gasteiger charge is 2.25. The molecule has 0 bridgehead atoms. The van der Waals surface area contributed by atoms with E-state index in [0.29, 0.717) is 6.54 Å². The predicted molar refractivity (Wildman–Crippen MR) is 74.8 cm³/mol. The van der Waals surface area contributed by atoms with Crippen molar-refractivity contribution in [3.05, 3.63) is 21.1 Å². The van der Waals surface area contributed by atoms with Gasteiger partial charge in [-0.2, -0.15) is 4.98 Å². The molecule has 20 heavy (non-hydrogen) atoms. The summed E-state index contributed by atoms with van der Waals surface area (Å²) in [5.41, 5.74) is -0.144. The first-order chi connectivity index (χ1) is 9.27. The minimum atomic E-state index is -0.663. The van der Waals surface area contributed by atoms with Crippen LogP contribution in [0.15, 0.2) is 0 Å². The predicted octanol–water partition coefficient (Wildman–Crippen LogP) is 1.63. The fraction of sp³-hybridized carbons (Fsp3) is 0.545. The van der Waals surface area contributed by atoms with Gasteiger partial charge in [0.15, 0.2) is 0 Å². The molecule has 0 aliphatic rings. The van der Waals surface area contributed by atoms with E-state index in [0.717, 1.165) is 0 Å². The van der Waals surface area contributed by atoms with E-state index >= 15 is 0 Å². The number of hydrogen-bond donors (Lipinski definition) is 1. The van der Waals surface area contributed by atoms with Crippen molar-refractivity contribution in [2.24, 2.45) is 0 Å². The van der Waals surface area contributed by atoms with Gasteiger partial charge in [-0.3, -0.25) is 14.9 Å². The number of rotatable bonds is 5. The SMILES string of the molecule is CCN(C)C(=O)C(C)Nc1nc(Cl)nc(C)c1[N+](=O)[O-]. The van der Waals surface area contributed by atoms with Gasteiger partial charge in [-0.15, -0.1) is 0 Å².